The SMILES string of the molecule is C=CC1(C)c2ccccc2N2c3nccnc3N(C)C2C1(C)C. The van der Waals surface area contributed by atoms with Crippen LogP contribution in [-0.2, 0) is 5.41 Å². The molecule has 0 N–H and O–H groups in total. The van der Waals surface area contributed by atoms with Gasteiger partial charge in [0.05, 0.1) is 0 Å². The molecule has 4 nitrogen and oxygen atoms in total. The number of hydrogen-bond acceptors (Lipinski definition) is 4. The van der Waals surface area contributed by atoms with Crippen molar-refractivity contribution in [3.05, 3.63) is 54.9 Å². The molecular formula is C19H22N4. The van der Waals surface area contributed by atoms with Crippen molar-refractivity contribution >= 4 is 17.3 Å². The fraction of sp³-hybridized carbons (Fsp3) is 0.368. The minimum Gasteiger partial charge on any atom is -0.335 e. The third kappa shape index (κ3) is 1.51. The van der Waals surface area contributed by atoms with Crippen LogP contribution in [0.3, 0.4) is 0 Å². The lowest BCUT2D eigenvalue weighted by Gasteiger charge is -2.56. The fourth-order valence-electron chi connectivity index (χ4n) is 4.31. The van der Waals surface area contributed by atoms with Crippen molar-refractivity contribution in [1.29, 1.82) is 0 Å². The van der Waals surface area contributed by atoms with Crippen molar-refractivity contribution in [2.45, 2.75) is 32.4 Å². The molecule has 23 heavy (non-hydrogen) atoms. The molecule has 1 aromatic carbocycles. The lowest BCUT2D eigenvalue weighted by Crippen LogP contribution is -2.60. The van der Waals surface area contributed by atoms with Crippen molar-refractivity contribution in [3.8, 4) is 0 Å². The van der Waals surface area contributed by atoms with Crippen LogP contribution in [0.1, 0.15) is 26.3 Å². The van der Waals surface area contributed by atoms with Crippen molar-refractivity contribution in [1.82, 2.24) is 9.97 Å². The molecule has 4 rings (SSSR count). The van der Waals surface area contributed by atoms with E-state index < -0.39 is 0 Å². The van der Waals surface area contributed by atoms with E-state index in [1.807, 2.05) is 0 Å². The number of allylic oxidation sites excluding steroid dienone is 1. The Morgan fingerprint density at radius 3 is 2.43 bits per heavy atom. The van der Waals surface area contributed by atoms with Crippen molar-refractivity contribution < 1.29 is 0 Å². The fourth-order valence-corrected chi connectivity index (χ4v) is 4.31. The zero-order chi connectivity index (χ0) is 16.4. The van der Waals surface area contributed by atoms with Crippen LogP contribution in [0.2, 0.25) is 0 Å². The number of nitrogens with zero attached hydrogens (tertiary/aromatic N) is 4. The van der Waals surface area contributed by atoms with Crippen LogP contribution in [-0.4, -0.2) is 23.2 Å². The molecule has 1 aromatic heterocycles. The highest BCUT2D eigenvalue weighted by Gasteiger charge is 2.58. The normalized spacial score (nSPS) is 27.2. The minimum atomic E-state index is -0.138. The lowest BCUT2D eigenvalue weighted by molar-refractivity contribution is 0.167. The predicted molar refractivity (Wildman–Crippen MR) is 94.1 cm³/mol. The molecule has 0 saturated heterocycles. The van der Waals surface area contributed by atoms with E-state index in [1.54, 1.807) is 12.4 Å². The van der Waals surface area contributed by atoms with E-state index in [9.17, 15) is 0 Å². The van der Waals surface area contributed by atoms with Crippen LogP contribution >= 0.6 is 0 Å². The van der Waals surface area contributed by atoms with Gasteiger partial charge in [0, 0.05) is 36.0 Å². The van der Waals surface area contributed by atoms with E-state index in [4.69, 9.17) is 0 Å². The van der Waals surface area contributed by atoms with Crippen LogP contribution in [0.4, 0.5) is 17.3 Å². The molecule has 0 spiro atoms. The van der Waals surface area contributed by atoms with Gasteiger partial charge in [-0.05, 0) is 11.6 Å². The third-order valence-electron chi connectivity index (χ3n) is 5.95. The van der Waals surface area contributed by atoms with E-state index in [0.29, 0.717) is 0 Å². The van der Waals surface area contributed by atoms with Crippen LogP contribution in [0.5, 0.6) is 0 Å². The topological polar surface area (TPSA) is 32.3 Å². The Kier molecular flexibility index (Phi) is 2.69. The first kappa shape index (κ1) is 14.2. The summed E-state index contributed by atoms with van der Waals surface area (Å²) in [5.74, 6) is 1.88. The summed E-state index contributed by atoms with van der Waals surface area (Å²) in [4.78, 5) is 13.8. The summed E-state index contributed by atoms with van der Waals surface area (Å²) in [5.41, 5.74) is 2.29. The van der Waals surface area contributed by atoms with Crippen LogP contribution in [0.15, 0.2) is 49.3 Å². The highest BCUT2D eigenvalue weighted by molar-refractivity contribution is 5.82. The van der Waals surface area contributed by atoms with Gasteiger partial charge in [-0.2, -0.15) is 0 Å². The summed E-state index contributed by atoms with van der Waals surface area (Å²) >= 11 is 0. The van der Waals surface area contributed by atoms with E-state index >= 15 is 0 Å². The molecule has 2 aliphatic rings. The molecule has 0 amide bonds. The third-order valence-corrected chi connectivity index (χ3v) is 5.95. The standard InChI is InChI=1S/C19H22N4/c1-6-19(4)13-9-7-8-10-14(13)23-16-15(20-11-12-21-16)22(5)17(23)18(19,2)3/h6-12,17H,1H2,2-5H3. The first-order chi connectivity index (χ1) is 10.9. The number of benzene rings is 1. The van der Waals surface area contributed by atoms with Gasteiger partial charge in [0.25, 0.3) is 0 Å². The molecule has 0 bridgehead atoms. The average Bonchev–Trinajstić information content (AvgIpc) is 2.87. The Labute approximate surface area is 137 Å². The van der Waals surface area contributed by atoms with Crippen molar-refractivity contribution in [2.75, 3.05) is 16.8 Å². The molecule has 0 aliphatic carbocycles. The summed E-state index contributed by atoms with van der Waals surface area (Å²) in [7, 11) is 2.11. The van der Waals surface area contributed by atoms with Gasteiger partial charge in [0.15, 0.2) is 11.6 Å². The maximum absolute atomic E-state index is 4.63. The smallest absolute Gasteiger partial charge is 0.178 e. The molecule has 0 fully saturated rings. The zero-order valence-electron chi connectivity index (χ0n) is 14.1. The van der Waals surface area contributed by atoms with E-state index in [1.165, 1.54) is 11.3 Å². The summed E-state index contributed by atoms with van der Waals surface area (Å²) in [5, 5.41) is 0. The number of anilines is 3. The molecule has 3 heterocycles. The molecule has 2 unspecified atom stereocenters. The summed E-state index contributed by atoms with van der Waals surface area (Å²) < 4.78 is 0. The highest BCUT2D eigenvalue weighted by atomic mass is 15.5. The largest absolute Gasteiger partial charge is 0.335 e. The Morgan fingerprint density at radius 1 is 1.09 bits per heavy atom. The quantitative estimate of drug-likeness (QED) is 0.749. The summed E-state index contributed by atoms with van der Waals surface area (Å²) in [6.45, 7) is 11.1. The maximum Gasteiger partial charge on any atom is 0.178 e. The lowest BCUT2D eigenvalue weighted by atomic mass is 9.58. The molecule has 118 valence electrons. The predicted octanol–water partition coefficient (Wildman–Crippen LogP) is 3.87. The monoisotopic (exact) mass is 306 g/mol. The maximum atomic E-state index is 4.63. The first-order valence-electron chi connectivity index (χ1n) is 7.99. The molecule has 0 saturated carbocycles. The van der Waals surface area contributed by atoms with Crippen LogP contribution in [0, 0.1) is 5.41 Å². The number of para-hydroxylation sites is 1. The van der Waals surface area contributed by atoms with E-state index in [2.05, 4.69) is 84.5 Å². The molecular weight excluding hydrogens is 284 g/mol. The van der Waals surface area contributed by atoms with Gasteiger partial charge in [0.2, 0.25) is 0 Å². The molecule has 0 radical (unpaired) electrons. The van der Waals surface area contributed by atoms with Gasteiger partial charge in [-0.3, -0.25) is 0 Å². The van der Waals surface area contributed by atoms with E-state index in [0.717, 1.165) is 11.6 Å². The summed E-state index contributed by atoms with van der Waals surface area (Å²) in [6.07, 6.45) is 5.78. The molecule has 2 aliphatic heterocycles. The Hall–Kier alpha value is -2.36. The van der Waals surface area contributed by atoms with Gasteiger partial charge in [0.1, 0.15) is 6.17 Å². The van der Waals surface area contributed by atoms with Crippen LogP contribution < -0.4 is 9.80 Å². The van der Waals surface area contributed by atoms with Crippen molar-refractivity contribution in [3.63, 3.8) is 0 Å². The minimum absolute atomic E-state index is 0.0692. The van der Waals surface area contributed by atoms with Gasteiger partial charge < -0.3 is 9.80 Å². The number of rotatable bonds is 1. The zero-order valence-corrected chi connectivity index (χ0v) is 14.1. The highest BCUT2D eigenvalue weighted by Crippen LogP contribution is 2.59. The average molecular weight is 306 g/mol. The van der Waals surface area contributed by atoms with Gasteiger partial charge in [-0.15, -0.1) is 6.58 Å². The molecule has 4 heteroatoms. The number of fused-ring (bicyclic) bond motifs is 5. The second-order valence-corrected chi connectivity index (χ2v) is 7.20. The van der Waals surface area contributed by atoms with Gasteiger partial charge in [-0.25, -0.2) is 9.97 Å². The second-order valence-electron chi connectivity index (χ2n) is 7.20. The van der Waals surface area contributed by atoms with Crippen LogP contribution in [0.25, 0.3) is 0 Å². The van der Waals surface area contributed by atoms with Gasteiger partial charge in [-0.1, -0.05) is 45.0 Å². The second kappa shape index (κ2) is 4.34. The van der Waals surface area contributed by atoms with E-state index in [-0.39, 0.29) is 17.0 Å². The Balaban J connectivity index is 2.07. The Morgan fingerprint density at radius 2 is 1.74 bits per heavy atom. The molecule has 2 atom stereocenters. The summed E-state index contributed by atoms with van der Waals surface area (Å²) in [6, 6.07) is 8.58. The molecule has 2 aromatic rings. The Bertz CT molecular complexity index is 797. The van der Waals surface area contributed by atoms with Crippen molar-refractivity contribution in [2.24, 2.45) is 5.41 Å². The first-order valence-corrected chi connectivity index (χ1v) is 7.99. The number of hydrogen-bond donors (Lipinski definition) is 0. The number of aromatic nitrogens is 2. The van der Waals surface area contributed by atoms with Gasteiger partial charge >= 0.3 is 0 Å².